The van der Waals surface area contributed by atoms with Crippen LogP contribution in [0.2, 0.25) is 0 Å². The number of fused-ring (bicyclic) bond motifs is 2. The Labute approximate surface area is 157 Å². The monoisotopic (exact) mass is 352 g/mol. The first-order chi connectivity index (χ1) is 12.7. The van der Waals surface area contributed by atoms with Crippen molar-refractivity contribution in [2.24, 2.45) is 28.6 Å². The molecule has 0 amide bonds. The van der Waals surface area contributed by atoms with Gasteiger partial charge in [-0.1, -0.05) is 0 Å². The van der Waals surface area contributed by atoms with E-state index in [2.05, 4.69) is 39.7 Å². The molecule has 0 radical (unpaired) electrons. The smallest absolute Gasteiger partial charge is 0.127 e. The molecule has 2 N–H and O–H groups in total. The van der Waals surface area contributed by atoms with Crippen LogP contribution in [0.3, 0.4) is 0 Å². The lowest BCUT2D eigenvalue weighted by Gasteiger charge is -2.59. The zero-order chi connectivity index (χ0) is 17.4. The van der Waals surface area contributed by atoms with Crippen LogP contribution in [-0.4, -0.2) is 37.7 Å². The summed E-state index contributed by atoms with van der Waals surface area (Å²) >= 11 is 0. The van der Waals surface area contributed by atoms with Crippen LogP contribution < -0.4 is 15.5 Å². The molecule has 5 aliphatic rings. The minimum atomic E-state index is 0.593. The molecule has 1 aliphatic heterocycles. The van der Waals surface area contributed by atoms with Crippen molar-refractivity contribution < 1.29 is 0 Å². The van der Waals surface area contributed by atoms with Crippen LogP contribution in [0.15, 0.2) is 18.3 Å². The number of aromatic nitrogens is 1. The highest BCUT2D eigenvalue weighted by Gasteiger charge is 2.73. The number of nitrogens with one attached hydrogen (secondary N) is 2. The SMILES string of the molecule is CN[C@@H]1CCN(c2ccnc(NCC34CC5CC6CC(C3)C4(C6)C5)c2)C1. The van der Waals surface area contributed by atoms with E-state index in [1.54, 1.807) is 19.3 Å². The third kappa shape index (κ3) is 2.02. The number of hydrogen-bond acceptors (Lipinski definition) is 4. The summed E-state index contributed by atoms with van der Waals surface area (Å²) in [5, 5.41) is 7.20. The number of nitrogens with zero attached hydrogens (tertiary/aromatic N) is 2. The van der Waals surface area contributed by atoms with E-state index in [0.29, 0.717) is 11.5 Å². The Kier molecular flexibility index (Phi) is 3.25. The number of pyridine rings is 1. The van der Waals surface area contributed by atoms with Gasteiger partial charge in [-0.25, -0.2) is 4.98 Å². The highest BCUT2D eigenvalue weighted by molar-refractivity contribution is 5.55. The first kappa shape index (κ1) is 15.7. The van der Waals surface area contributed by atoms with Gasteiger partial charge < -0.3 is 15.5 Å². The molecule has 140 valence electrons. The van der Waals surface area contributed by atoms with Gasteiger partial charge in [0.25, 0.3) is 0 Å². The lowest BCUT2D eigenvalue weighted by Crippen LogP contribution is -2.55. The number of hydrogen-bond donors (Lipinski definition) is 2. The number of anilines is 2. The van der Waals surface area contributed by atoms with E-state index in [1.807, 2.05) is 6.20 Å². The molecular weight excluding hydrogens is 320 g/mol. The van der Waals surface area contributed by atoms with Crippen molar-refractivity contribution in [3.63, 3.8) is 0 Å². The van der Waals surface area contributed by atoms with Gasteiger partial charge in [0.1, 0.15) is 5.82 Å². The summed E-state index contributed by atoms with van der Waals surface area (Å²) in [4.78, 5) is 7.14. The molecule has 4 nitrogen and oxygen atoms in total. The fourth-order valence-corrected chi connectivity index (χ4v) is 8.10. The molecule has 1 spiro atoms. The van der Waals surface area contributed by atoms with Crippen LogP contribution in [0.25, 0.3) is 0 Å². The van der Waals surface area contributed by atoms with Crippen LogP contribution in [0.4, 0.5) is 11.5 Å². The van der Waals surface area contributed by atoms with Gasteiger partial charge in [-0.3, -0.25) is 0 Å². The van der Waals surface area contributed by atoms with E-state index < -0.39 is 0 Å². The van der Waals surface area contributed by atoms with E-state index in [0.717, 1.165) is 48.6 Å². The molecule has 2 heterocycles. The van der Waals surface area contributed by atoms with Crippen LogP contribution in [-0.2, 0) is 0 Å². The molecule has 4 aliphatic carbocycles. The zero-order valence-corrected chi connectivity index (χ0v) is 16.0. The normalized spacial score (nSPS) is 45.0. The van der Waals surface area contributed by atoms with Crippen molar-refractivity contribution in [2.45, 2.75) is 51.0 Å². The molecule has 26 heavy (non-hydrogen) atoms. The van der Waals surface area contributed by atoms with Crippen LogP contribution >= 0.6 is 0 Å². The molecule has 1 saturated heterocycles. The van der Waals surface area contributed by atoms with E-state index in [1.165, 1.54) is 31.4 Å². The third-order valence-corrected chi connectivity index (χ3v) is 9.06. The Hall–Kier alpha value is -1.29. The lowest BCUT2D eigenvalue weighted by molar-refractivity contribution is -0.0893. The summed E-state index contributed by atoms with van der Waals surface area (Å²) in [6.07, 6.45) is 12.4. The van der Waals surface area contributed by atoms with Crippen LogP contribution in [0.5, 0.6) is 0 Å². The summed E-state index contributed by atoms with van der Waals surface area (Å²) in [6.45, 7) is 3.41. The molecule has 4 saturated carbocycles. The number of rotatable bonds is 5. The van der Waals surface area contributed by atoms with Gasteiger partial charge in [-0.2, -0.15) is 0 Å². The second-order valence-electron chi connectivity index (χ2n) is 10.1. The molecule has 0 aromatic carbocycles. The first-order valence-corrected chi connectivity index (χ1v) is 10.8. The van der Waals surface area contributed by atoms with Crippen molar-refractivity contribution in [3.8, 4) is 0 Å². The van der Waals surface area contributed by atoms with Crippen LogP contribution in [0, 0.1) is 28.6 Å². The van der Waals surface area contributed by atoms with E-state index in [9.17, 15) is 0 Å². The molecule has 5 unspecified atom stereocenters. The fraction of sp³-hybridized carbons (Fsp3) is 0.773. The Bertz CT molecular complexity index is 714. The van der Waals surface area contributed by atoms with Crippen molar-refractivity contribution in [1.82, 2.24) is 10.3 Å². The van der Waals surface area contributed by atoms with Gasteiger partial charge in [0.2, 0.25) is 0 Å². The minimum Gasteiger partial charge on any atom is -0.370 e. The molecule has 1 aromatic rings. The molecule has 6 atom stereocenters. The summed E-state index contributed by atoms with van der Waals surface area (Å²) in [6, 6.07) is 5.07. The maximum Gasteiger partial charge on any atom is 0.127 e. The van der Waals surface area contributed by atoms with Crippen molar-refractivity contribution in [3.05, 3.63) is 18.3 Å². The van der Waals surface area contributed by atoms with Gasteiger partial charge in [0.15, 0.2) is 0 Å². The second-order valence-corrected chi connectivity index (χ2v) is 10.1. The van der Waals surface area contributed by atoms with Gasteiger partial charge in [-0.05, 0) is 86.6 Å². The molecule has 3 bridgehead atoms. The summed E-state index contributed by atoms with van der Waals surface area (Å²) in [5.74, 6) is 4.25. The Balaban J connectivity index is 1.17. The van der Waals surface area contributed by atoms with Crippen molar-refractivity contribution in [1.29, 1.82) is 0 Å². The highest BCUT2D eigenvalue weighted by atomic mass is 15.2. The topological polar surface area (TPSA) is 40.2 Å². The standard InChI is InChI=1S/C22H32N4/c1-23-18-3-5-26(13-18)19-2-4-24-20(8-19)25-14-21-9-16-6-15-7-17(12-21)22(21,10-15)11-16/h2,4,8,15-18,23H,3,5-7,9-14H2,1H3,(H,24,25)/t15?,16?,17?,18-,21?,22?/m1/s1. The predicted octanol–water partition coefficient (Wildman–Crippen LogP) is 3.51. The molecule has 4 heteroatoms. The van der Waals surface area contributed by atoms with Gasteiger partial charge in [0.05, 0.1) is 0 Å². The largest absolute Gasteiger partial charge is 0.370 e. The van der Waals surface area contributed by atoms with Gasteiger partial charge >= 0.3 is 0 Å². The minimum absolute atomic E-state index is 0.593. The first-order valence-electron chi connectivity index (χ1n) is 10.8. The molecule has 6 rings (SSSR count). The van der Waals surface area contributed by atoms with E-state index in [-0.39, 0.29) is 0 Å². The average Bonchev–Trinajstić information content (AvgIpc) is 3.26. The van der Waals surface area contributed by atoms with Crippen LogP contribution in [0.1, 0.15) is 44.9 Å². The van der Waals surface area contributed by atoms with Crippen molar-refractivity contribution >= 4 is 11.5 Å². The Morgan fingerprint density at radius 2 is 2.12 bits per heavy atom. The van der Waals surface area contributed by atoms with Gasteiger partial charge in [-0.15, -0.1) is 0 Å². The summed E-state index contributed by atoms with van der Waals surface area (Å²) < 4.78 is 0. The van der Waals surface area contributed by atoms with Crippen molar-refractivity contribution in [2.75, 3.05) is 36.9 Å². The lowest BCUT2D eigenvalue weighted by atomic mass is 9.46. The molecule has 5 fully saturated rings. The predicted molar refractivity (Wildman–Crippen MR) is 105 cm³/mol. The number of likely N-dealkylation sites (N-methyl/N-ethyl adjacent to an activating group) is 1. The Morgan fingerprint density at radius 3 is 3.00 bits per heavy atom. The second kappa shape index (κ2) is 5.37. The molecular formula is C22H32N4. The zero-order valence-electron chi connectivity index (χ0n) is 16.0. The fourth-order valence-electron chi connectivity index (χ4n) is 8.10. The maximum atomic E-state index is 4.65. The highest BCUT2D eigenvalue weighted by Crippen LogP contribution is 2.81. The quantitative estimate of drug-likeness (QED) is 0.851. The summed E-state index contributed by atoms with van der Waals surface area (Å²) in [7, 11) is 2.07. The van der Waals surface area contributed by atoms with E-state index >= 15 is 0 Å². The van der Waals surface area contributed by atoms with E-state index in [4.69, 9.17) is 0 Å². The molecule has 1 aromatic heterocycles. The third-order valence-electron chi connectivity index (χ3n) is 9.06. The van der Waals surface area contributed by atoms with Gasteiger partial charge in [0, 0.05) is 43.6 Å². The summed E-state index contributed by atoms with van der Waals surface area (Å²) in [5.41, 5.74) is 2.64. The Morgan fingerprint density at radius 1 is 1.19 bits per heavy atom. The average molecular weight is 353 g/mol. The maximum absolute atomic E-state index is 4.65.